The average Bonchev–Trinajstić information content (AvgIpc) is 2.42. The molecule has 2 aromatic carbocycles. The number of nitrogen functional groups attached to an aromatic ring is 1. The highest BCUT2D eigenvalue weighted by Crippen LogP contribution is 2.29. The molecule has 94 valence electrons. The summed E-state index contributed by atoms with van der Waals surface area (Å²) >= 11 is 0. The predicted octanol–water partition coefficient (Wildman–Crippen LogP) is 3.63. The SMILES string of the molecule is CCc1ccc(Oc2ccc(N)c(OC)c2)cc1. The molecule has 0 saturated carbocycles. The van der Waals surface area contributed by atoms with E-state index in [1.165, 1.54) is 5.56 Å². The van der Waals surface area contributed by atoms with E-state index in [0.717, 1.165) is 12.2 Å². The quantitative estimate of drug-likeness (QED) is 0.834. The highest BCUT2D eigenvalue weighted by Gasteiger charge is 2.03. The second-order valence-corrected chi connectivity index (χ2v) is 4.00. The zero-order chi connectivity index (χ0) is 13.0. The van der Waals surface area contributed by atoms with Crippen LogP contribution in [0.15, 0.2) is 42.5 Å². The largest absolute Gasteiger partial charge is 0.494 e. The standard InChI is InChI=1S/C15H17NO2/c1-3-11-4-6-12(7-5-11)18-13-8-9-14(16)15(10-13)17-2/h4-10H,3,16H2,1-2H3. The molecule has 3 heteroatoms. The Hall–Kier alpha value is -2.16. The van der Waals surface area contributed by atoms with Gasteiger partial charge in [-0.05, 0) is 36.2 Å². The fourth-order valence-corrected chi connectivity index (χ4v) is 1.68. The van der Waals surface area contributed by atoms with E-state index in [2.05, 4.69) is 19.1 Å². The van der Waals surface area contributed by atoms with Crippen LogP contribution in [0.5, 0.6) is 17.2 Å². The fourth-order valence-electron chi connectivity index (χ4n) is 1.68. The first-order chi connectivity index (χ1) is 8.72. The maximum absolute atomic E-state index is 5.75. The van der Waals surface area contributed by atoms with Gasteiger partial charge >= 0.3 is 0 Å². The molecule has 0 aliphatic carbocycles. The Labute approximate surface area is 107 Å². The van der Waals surface area contributed by atoms with E-state index in [1.807, 2.05) is 18.2 Å². The number of aryl methyl sites for hydroxylation is 1. The normalized spacial score (nSPS) is 10.1. The van der Waals surface area contributed by atoms with E-state index in [4.69, 9.17) is 15.2 Å². The summed E-state index contributed by atoms with van der Waals surface area (Å²) in [4.78, 5) is 0. The highest BCUT2D eigenvalue weighted by atomic mass is 16.5. The molecule has 0 aliphatic rings. The van der Waals surface area contributed by atoms with Gasteiger partial charge in [0.25, 0.3) is 0 Å². The summed E-state index contributed by atoms with van der Waals surface area (Å²) in [6.45, 7) is 2.13. The Morgan fingerprint density at radius 2 is 1.67 bits per heavy atom. The van der Waals surface area contributed by atoms with Gasteiger partial charge < -0.3 is 15.2 Å². The van der Waals surface area contributed by atoms with Crippen LogP contribution in [0, 0.1) is 0 Å². The number of anilines is 1. The van der Waals surface area contributed by atoms with Gasteiger partial charge in [-0.1, -0.05) is 19.1 Å². The molecule has 2 aromatic rings. The number of benzene rings is 2. The predicted molar refractivity (Wildman–Crippen MR) is 73.3 cm³/mol. The Morgan fingerprint density at radius 3 is 2.28 bits per heavy atom. The Bertz CT molecular complexity index is 521. The number of hydrogen-bond donors (Lipinski definition) is 1. The highest BCUT2D eigenvalue weighted by molar-refractivity contribution is 5.56. The second-order valence-electron chi connectivity index (χ2n) is 4.00. The average molecular weight is 243 g/mol. The van der Waals surface area contributed by atoms with Gasteiger partial charge in [0.2, 0.25) is 0 Å². The first kappa shape index (κ1) is 12.3. The third-order valence-electron chi connectivity index (χ3n) is 2.77. The van der Waals surface area contributed by atoms with Gasteiger partial charge in [0.1, 0.15) is 17.2 Å². The van der Waals surface area contributed by atoms with Crippen LogP contribution in [-0.2, 0) is 6.42 Å². The molecule has 0 saturated heterocycles. The van der Waals surface area contributed by atoms with Crippen LogP contribution < -0.4 is 15.2 Å². The monoisotopic (exact) mass is 243 g/mol. The summed E-state index contributed by atoms with van der Waals surface area (Å²) in [6.07, 6.45) is 1.02. The number of nitrogens with two attached hydrogens (primary N) is 1. The summed E-state index contributed by atoms with van der Waals surface area (Å²) in [5.41, 5.74) is 7.64. The Morgan fingerprint density at radius 1 is 1.00 bits per heavy atom. The van der Waals surface area contributed by atoms with E-state index in [9.17, 15) is 0 Å². The molecule has 0 aromatic heterocycles. The summed E-state index contributed by atoms with van der Waals surface area (Å²) in [6, 6.07) is 13.4. The van der Waals surface area contributed by atoms with Gasteiger partial charge in [0.05, 0.1) is 12.8 Å². The second kappa shape index (κ2) is 5.45. The van der Waals surface area contributed by atoms with Crippen LogP contribution in [0.4, 0.5) is 5.69 Å². The minimum Gasteiger partial charge on any atom is -0.494 e. The van der Waals surface area contributed by atoms with Crippen molar-refractivity contribution in [3.8, 4) is 17.2 Å². The maximum Gasteiger partial charge on any atom is 0.145 e. The summed E-state index contributed by atoms with van der Waals surface area (Å²) < 4.78 is 10.9. The Balaban J connectivity index is 2.17. The summed E-state index contributed by atoms with van der Waals surface area (Å²) in [5.74, 6) is 2.14. The van der Waals surface area contributed by atoms with Crippen LogP contribution in [0.25, 0.3) is 0 Å². The zero-order valence-corrected chi connectivity index (χ0v) is 10.6. The number of hydrogen-bond acceptors (Lipinski definition) is 3. The third kappa shape index (κ3) is 2.74. The molecule has 18 heavy (non-hydrogen) atoms. The van der Waals surface area contributed by atoms with Gasteiger partial charge in [0.15, 0.2) is 0 Å². The lowest BCUT2D eigenvalue weighted by Gasteiger charge is -2.09. The molecular formula is C15H17NO2. The molecule has 0 heterocycles. The van der Waals surface area contributed by atoms with Gasteiger partial charge in [-0.25, -0.2) is 0 Å². The molecule has 0 atom stereocenters. The molecule has 0 fully saturated rings. The zero-order valence-electron chi connectivity index (χ0n) is 10.6. The molecule has 0 amide bonds. The first-order valence-electron chi connectivity index (χ1n) is 5.93. The van der Waals surface area contributed by atoms with Crippen molar-refractivity contribution in [2.75, 3.05) is 12.8 Å². The van der Waals surface area contributed by atoms with Gasteiger partial charge in [-0.15, -0.1) is 0 Å². The number of rotatable bonds is 4. The molecule has 0 radical (unpaired) electrons. The van der Waals surface area contributed by atoms with Crippen LogP contribution >= 0.6 is 0 Å². The third-order valence-corrected chi connectivity index (χ3v) is 2.77. The van der Waals surface area contributed by atoms with Crippen LogP contribution in [0.3, 0.4) is 0 Å². The number of ether oxygens (including phenoxy) is 2. The molecular weight excluding hydrogens is 226 g/mol. The van der Waals surface area contributed by atoms with Gasteiger partial charge in [0, 0.05) is 6.07 Å². The smallest absolute Gasteiger partial charge is 0.145 e. The minimum atomic E-state index is 0.603. The Kier molecular flexibility index (Phi) is 3.72. The van der Waals surface area contributed by atoms with Crippen molar-refractivity contribution >= 4 is 5.69 Å². The lowest BCUT2D eigenvalue weighted by molar-refractivity contribution is 0.411. The van der Waals surface area contributed by atoms with E-state index in [1.54, 1.807) is 19.2 Å². The van der Waals surface area contributed by atoms with Gasteiger partial charge in [-0.3, -0.25) is 0 Å². The molecule has 0 spiro atoms. The van der Waals surface area contributed by atoms with Crippen LogP contribution in [0.2, 0.25) is 0 Å². The van der Waals surface area contributed by atoms with E-state index in [0.29, 0.717) is 17.2 Å². The maximum atomic E-state index is 5.75. The van der Waals surface area contributed by atoms with E-state index < -0.39 is 0 Å². The molecule has 0 aliphatic heterocycles. The van der Waals surface area contributed by atoms with E-state index >= 15 is 0 Å². The molecule has 2 rings (SSSR count). The van der Waals surface area contributed by atoms with Crippen molar-refractivity contribution < 1.29 is 9.47 Å². The van der Waals surface area contributed by atoms with Crippen molar-refractivity contribution in [3.05, 3.63) is 48.0 Å². The lowest BCUT2D eigenvalue weighted by Crippen LogP contribution is -1.93. The number of methoxy groups -OCH3 is 1. The summed E-state index contributed by atoms with van der Waals surface area (Å²) in [7, 11) is 1.59. The van der Waals surface area contributed by atoms with Crippen molar-refractivity contribution in [1.82, 2.24) is 0 Å². The topological polar surface area (TPSA) is 44.5 Å². The minimum absolute atomic E-state index is 0.603. The lowest BCUT2D eigenvalue weighted by atomic mass is 10.2. The molecule has 2 N–H and O–H groups in total. The van der Waals surface area contributed by atoms with Crippen molar-refractivity contribution in [2.45, 2.75) is 13.3 Å². The van der Waals surface area contributed by atoms with E-state index in [-0.39, 0.29) is 0 Å². The van der Waals surface area contributed by atoms with Crippen molar-refractivity contribution in [1.29, 1.82) is 0 Å². The first-order valence-corrected chi connectivity index (χ1v) is 5.93. The summed E-state index contributed by atoms with van der Waals surface area (Å²) in [5, 5.41) is 0. The molecule has 3 nitrogen and oxygen atoms in total. The fraction of sp³-hybridized carbons (Fsp3) is 0.200. The van der Waals surface area contributed by atoms with Crippen LogP contribution in [-0.4, -0.2) is 7.11 Å². The van der Waals surface area contributed by atoms with Crippen LogP contribution in [0.1, 0.15) is 12.5 Å². The molecule has 0 unspecified atom stereocenters. The van der Waals surface area contributed by atoms with Gasteiger partial charge in [-0.2, -0.15) is 0 Å². The van der Waals surface area contributed by atoms with Crippen molar-refractivity contribution in [2.24, 2.45) is 0 Å². The van der Waals surface area contributed by atoms with Crippen molar-refractivity contribution in [3.63, 3.8) is 0 Å². The molecule has 0 bridgehead atoms.